The lowest BCUT2D eigenvalue weighted by Crippen LogP contribution is -2.17. The first-order valence-electron chi connectivity index (χ1n) is 4.26. The second-order valence-corrected chi connectivity index (χ2v) is 4.17. The van der Waals surface area contributed by atoms with Crippen LogP contribution in [0.4, 0.5) is 5.69 Å². The molecule has 1 N–H and O–H groups in total. The number of hydrogen-bond donors (Lipinski definition) is 1. The Kier molecular flexibility index (Phi) is 3.78. The SMILES string of the molecule is CC(C)C(=O)Nc1cc(Cl)cc(Cl)c1. The van der Waals surface area contributed by atoms with Crippen LogP contribution in [0.5, 0.6) is 0 Å². The summed E-state index contributed by atoms with van der Waals surface area (Å²) in [7, 11) is 0. The van der Waals surface area contributed by atoms with E-state index >= 15 is 0 Å². The maximum Gasteiger partial charge on any atom is 0.226 e. The smallest absolute Gasteiger partial charge is 0.226 e. The molecule has 0 aromatic heterocycles. The Morgan fingerprint density at radius 1 is 1.21 bits per heavy atom. The summed E-state index contributed by atoms with van der Waals surface area (Å²) in [5.41, 5.74) is 0.626. The van der Waals surface area contributed by atoms with Gasteiger partial charge in [0, 0.05) is 21.7 Å². The van der Waals surface area contributed by atoms with Gasteiger partial charge in [0.15, 0.2) is 0 Å². The summed E-state index contributed by atoms with van der Waals surface area (Å²) in [6, 6.07) is 4.94. The van der Waals surface area contributed by atoms with Gasteiger partial charge in [-0.05, 0) is 18.2 Å². The highest BCUT2D eigenvalue weighted by molar-refractivity contribution is 6.35. The highest BCUT2D eigenvalue weighted by Gasteiger charge is 2.07. The van der Waals surface area contributed by atoms with Crippen LogP contribution in [-0.2, 0) is 4.79 Å². The number of amides is 1. The van der Waals surface area contributed by atoms with Crippen molar-refractivity contribution in [3.05, 3.63) is 28.2 Å². The van der Waals surface area contributed by atoms with Gasteiger partial charge in [-0.3, -0.25) is 4.79 Å². The van der Waals surface area contributed by atoms with E-state index in [4.69, 9.17) is 23.2 Å². The monoisotopic (exact) mass is 231 g/mol. The van der Waals surface area contributed by atoms with Crippen molar-refractivity contribution in [1.82, 2.24) is 0 Å². The fraction of sp³-hybridized carbons (Fsp3) is 0.300. The zero-order chi connectivity index (χ0) is 10.7. The van der Waals surface area contributed by atoms with E-state index in [0.717, 1.165) is 0 Å². The van der Waals surface area contributed by atoms with Crippen molar-refractivity contribution in [3.8, 4) is 0 Å². The third-order valence-corrected chi connectivity index (χ3v) is 2.09. The summed E-state index contributed by atoms with van der Waals surface area (Å²) >= 11 is 11.6. The van der Waals surface area contributed by atoms with Crippen LogP contribution in [0.1, 0.15) is 13.8 Å². The normalized spacial score (nSPS) is 10.4. The lowest BCUT2D eigenvalue weighted by molar-refractivity contribution is -0.118. The van der Waals surface area contributed by atoms with Gasteiger partial charge in [-0.25, -0.2) is 0 Å². The standard InChI is InChI=1S/C10H11Cl2NO/c1-6(2)10(14)13-9-4-7(11)3-8(12)5-9/h3-6H,1-2H3,(H,13,14). The number of carbonyl (C=O) groups excluding carboxylic acids is 1. The minimum Gasteiger partial charge on any atom is -0.326 e. The molecule has 0 aliphatic carbocycles. The average Bonchev–Trinajstić information content (AvgIpc) is 2.01. The first kappa shape index (κ1) is 11.3. The summed E-state index contributed by atoms with van der Waals surface area (Å²) in [5, 5.41) is 3.74. The van der Waals surface area contributed by atoms with E-state index in [1.54, 1.807) is 18.2 Å². The molecule has 0 radical (unpaired) electrons. The van der Waals surface area contributed by atoms with Gasteiger partial charge >= 0.3 is 0 Å². The Bertz CT molecular complexity index is 330. The molecule has 0 heterocycles. The molecule has 1 amide bonds. The van der Waals surface area contributed by atoms with Crippen LogP contribution in [0.15, 0.2) is 18.2 Å². The largest absolute Gasteiger partial charge is 0.326 e. The first-order valence-corrected chi connectivity index (χ1v) is 5.01. The number of benzene rings is 1. The van der Waals surface area contributed by atoms with Crippen molar-refractivity contribution in [2.24, 2.45) is 5.92 Å². The van der Waals surface area contributed by atoms with Crippen molar-refractivity contribution < 1.29 is 4.79 Å². The number of anilines is 1. The Balaban J connectivity index is 2.82. The van der Waals surface area contributed by atoms with Crippen LogP contribution in [0.25, 0.3) is 0 Å². The predicted octanol–water partition coefficient (Wildman–Crippen LogP) is 3.59. The van der Waals surface area contributed by atoms with Crippen molar-refractivity contribution in [1.29, 1.82) is 0 Å². The Hall–Kier alpha value is -0.730. The second-order valence-electron chi connectivity index (χ2n) is 3.30. The Morgan fingerprint density at radius 3 is 2.14 bits per heavy atom. The number of nitrogens with one attached hydrogen (secondary N) is 1. The van der Waals surface area contributed by atoms with E-state index in [0.29, 0.717) is 15.7 Å². The number of halogens is 2. The summed E-state index contributed by atoms with van der Waals surface area (Å²) in [5.74, 6) is -0.115. The lowest BCUT2D eigenvalue weighted by Gasteiger charge is -2.08. The lowest BCUT2D eigenvalue weighted by atomic mass is 10.2. The van der Waals surface area contributed by atoms with E-state index in [1.165, 1.54) is 0 Å². The number of carbonyl (C=O) groups is 1. The van der Waals surface area contributed by atoms with Crippen LogP contribution < -0.4 is 5.32 Å². The molecule has 0 aliphatic rings. The van der Waals surface area contributed by atoms with Crippen LogP contribution >= 0.6 is 23.2 Å². The highest BCUT2D eigenvalue weighted by Crippen LogP contribution is 2.22. The molecular formula is C10H11Cl2NO. The molecule has 0 saturated heterocycles. The molecule has 0 spiro atoms. The zero-order valence-electron chi connectivity index (χ0n) is 7.97. The third-order valence-electron chi connectivity index (χ3n) is 1.65. The molecule has 0 bridgehead atoms. The summed E-state index contributed by atoms with van der Waals surface area (Å²) in [6.45, 7) is 3.64. The van der Waals surface area contributed by atoms with Gasteiger partial charge in [0.1, 0.15) is 0 Å². The van der Waals surface area contributed by atoms with E-state index in [1.807, 2.05) is 13.8 Å². The van der Waals surface area contributed by atoms with Gasteiger partial charge in [-0.15, -0.1) is 0 Å². The molecule has 0 saturated carbocycles. The topological polar surface area (TPSA) is 29.1 Å². The fourth-order valence-corrected chi connectivity index (χ4v) is 1.44. The van der Waals surface area contributed by atoms with Crippen LogP contribution in [0.2, 0.25) is 10.0 Å². The van der Waals surface area contributed by atoms with Crippen LogP contribution in [0.3, 0.4) is 0 Å². The van der Waals surface area contributed by atoms with E-state index in [9.17, 15) is 4.79 Å². The summed E-state index contributed by atoms with van der Waals surface area (Å²) in [6.07, 6.45) is 0. The van der Waals surface area contributed by atoms with E-state index < -0.39 is 0 Å². The van der Waals surface area contributed by atoms with E-state index in [-0.39, 0.29) is 11.8 Å². The van der Waals surface area contributed by atoms with Crippen molar-refractivity contribution in [3.63, 3.8) is 0 Å². The minimum atomic E-state index is -0.0623. The van der Waals surface area contributed by atoms with Crippen molar-refractivity contribution in [2.45, 2.75) is 13.8 Å². The molecule has 0 atom stereocenters. The molecule has 1 aromatic rings. The zero-order valence-corrected chi connectivity index (χ0v) is 9.49. The van der Waals surface area contributed by atoms with Gasteiger partial charge in [-0.2, -0.15) is 0 Å². The quantitative estimate of drug-likeness (QED) is 0.829. The molecule has 1 aromatic carbocycles. The van der Waals surface area contributed by atoms with Crippen molar-refractivity contribution in [2.75, 3.05) is 5.32 Å². The maximum atomic E-state index is 11.3. The third kappa shape index (κ3) is 3.20. The van der Waals surface area contributed by atoms with E-state index in [2.05, 4.69) is 5.32 Å². The van der Waals surface area contributed by atoms with Crippen LogP contribution in [-0.4, -0.2) is 5.91 Å². The van der Waals surface area contributed by atoms with Gasteiger partial charge in [0.2, 0.25) is 5.91 Å². The van der Waals surface area contributed by atoms with Gasteiger partial charge in [0.05, 0.1) is 0 Å². The molecular weight excluding hydrogens is 221 g/mol. The van der Waals surface area contributed by atoms with Gasteiger partial charge < -0.3 is 5.32 Å². The molecule has 0 aliphatic heterocycles. The first-order chi connectivity index (χ1) is 6.49. The number of rotatable bonds is 2. The van der Waals surface area contributed by atoms with Gasteiger partial charge in [0.25, 0.3) is 0 Å². The molecule has 4 heteroatoms. The number of hydrogen-bond acceptors (Lipinski definition) is 1. The Morgan fingerprint density at radius 2 is 1.71 bits per heavy atom. The molecule has 0 fully saturated rings. The molecule has 1 rings (SSSR count). The summed E-state index contributed by atoms with van der Waals surface area (Å²) in [4.78, 5) is 11.3. The van der Waals surface area contributed by atoms with Crippen LogP contribution in [0, 0.1) is 5.92 Å². The van der Waals surface area contributed by atoms with Gasteiger partial charge in [-0.1, -0.05) is 37.0 Å². The maximum absolute atomic E-state index is 11.3. The second kappa shape index (κ2) is 4.67. The van der Waals surface area contributed by atoms with Crippen molar-refractivity contribution >= 4 is 34.8 Å². The molecule has 14 heavy (non-hydrogen) atoms. The molecule has 76 valence electrons. The summed E-state index contributed by atoms with van der Waals surface area (Å²) < 4.78 is 0. The minimum absolute atomic E-state index is 0.0525. The predicted molar refractivity (Wildman–Crippen MR) is 59.9 cm³/mol. The molecule has 0 unspecified atom stereocenters. The fourth-order valence-electron chi connectivity index (χ4n) is 0.913. The highest BCUT2D eigenvalue weighted by atomic mass is 35.5. The average molecular weight is 232 g/mol. The Labute approximate surface area is 93.2 Å². The molecule has 2 nitrogen and oxygen atoms in total.